The molecular weight excluding hydrogens is 289 g/mol. The van der Waals surface area contributed by atoms with Gasteiger partial charge in [-0.3, -0.25) is 0 Å². The smallest absolute Gasteiger partial charge is 0.194 e. The van der Waals surface area contributed by atoms with Gasteiger partial charge in [0.1, 0.15) is 0 Å². The van der Waals surface area contributed by atoms with Gasteiger partial charge in [0.15, 0.2) is 17.5 Å². The molecule has 22 heavy (non-hydrogen) atoms. The Hall–Kier alpha value is -1.85. The Bertz CT molecular complexity index is 592. The molecule has 2 rings (SSSR count). The van der Waals surface area contributed by atoms with Crippen LogP contribution in [0.3, 0.4) is 0 Å². The van der Waals surface area contributed by atoms with Crippen LogP contribution >= 0.6 is 0 Å². The Labute approximate surface area is 128 Å². The molecule has 0 aromatic heterocycles. The molecule has 0 amide bonds. The van der Waals surface area contributed by atoms with E-state index in [1.165, 1.54) is 0 Å². The lowest BCUT2D eigenvalue weighted by Crippen LogP contribution is -2.31. The average molecular weight is 308 g/mol. The first-order valence-electron chi connectivity index (χ1n) is 7.04. The van der Waals surface area contributed by atoms with E-state index in [4.69, 9.17) is 0 Å². The molecule has 2 nitrogen and oxygen atoms in total. The second kappa shape index (κ2) is 7.42. The van der Waals surface area contributed by atoms with Crippen molar-refractivity contribution in [3.8, 4) is 0 Å². The summed E-state index contributed by atoms with van der Waals surface area (Å²) in [5.74, 6) is -3.77. The molecule has 2 aromatic carbocycles. The summed E-state index contributed by atoms with van der Waals surface area (Å²) >= 11 is 0. The van der Waals surface area contributed by atoms with Crippen molar-refractivity contribution in [3.63, 3.8) is 0 Å². The van der Waals surface area contributed by atoms with Gasteiger partial charge in [-0.25, -0.2) is 13.2 Å². The first kappa shape index (κ1) is 16.5. The van der Waals surface area contributed by atoms with E-state index in [2.05, 4.69) is 5.32 Å². The van der Waals surface area contributed by atoms with Crippen LogP contribution in [0, 0.1) is 17.5 Å². The topological polar surface area (TPSA) is 15.3 Å². The number of nitrogens with one attached hydrogen (secondary N) is 1. The van der Waals surface area contributed by atoms with Crippen LogP contribution in [-0.4, -0.2) is 25.5 Å². The van der Waals surface area contributed by atoms with Crippen molar-refractivity contribution in [3.05, 3.63) is 71.0 Å². The van der Waals surface area contributed by atoms with Crippen LogP contribution in [0.5, 0.6) is 0 Å². The molecule has 0 radical (unpaired) electrons. The van der Waals surface area contributed by atoms with Gasteiger partial charge < -0.3 is 10.2 Å². The fraction of sp³-hybridized carbons (Fsp3) is 0.294. The monoisotopic (exact) mass is 308 g/mol. The van der Waals surface area contributed by atoms with Crippen LogP contribution in [0.4, 0.5) is 13.2 Å². The average Bonchev–Trinajstić information content (AvgIpc) is 2.49. The third-order valence-electron chi connectivity index (χ3n) is 3.35. The molecule has 0 saturated heterocycles. The number of rotatable bonds is 6. The normalized spacial score (nSPS) is 12.6. The molecule has 0 aliphatic heterocycles. The Balaban J connectivity index is 2.11. The number of likely N-dealkylation sites (N-methyl/N-ethyl adjacent to an activating group) is 1. The lowest BCUT2D eigenvalue weighted by atomic mass is 10.1. The van der Waals surface area contributed by atoms with Crippen molar-refractivity contribution >= 4 is 0 Å². The van der Waals surface area contributed by atoms with Gasteiger partial charge in [0.05, 0.1) is 0 Å². The Morgan fingerprint density at radius 2 is 1.59 bits per heavy atom. The summed E-state index contributed by atoms with van der Waals surface area (Å²) in [6.07, 6.45) is 0. The molecule has 0 aliphatic rings. The van der Waals surface area contributed by atoms with Crippen LogP contribution in [0.25, 0.3) is 0 Å². The van der Waals surface area contributed by atoms with Gasteiger partial charge in [0.25, 0.3) is 0 Å². The quantitative estimate of drug-likeness (QED) is 0.822. The van der Waals surface area contributed by atoms with E-state index >= 15 is 0 Å². The zero-order valence-electron chi connectivity index (χ0n) is 12.6. The van der Waals surface area contributed by atoms with Crippen molar-refractivity contribution in [1.82, 2.24) is 10.2 Å². The first-order valence-corrected chi connectivity index (χ1v) is 7.04. The third-order valence-corrected chi connectivity index (χ3v) is 3.35. The lowest BCUT2D eigenvalue weighted by molar-refractivity contribution is 0.340. The summed E-state index contributed by atoms with van der Waals surface area (Å²) in [5.41, 5.74) is 1.45. The fourth-order valence-corrected chi connectivity index (χ4v) is 2.29. The number of benzene rings is 2. The molecule has 0 saturated carbocycles. The molecule has 5 heteroatoms. The van der Waals surface area contributed by atoms with Gasteiger partial charge in [-0.15, -0.1) is 0 Å². The second-order valence-electron chi connectivity index (χ2n) is 5.48. The molecular formula is C17H19F3N2. The minimum Gasteiger partial charge on any atom is -0.308 e. The van der Waals surface area contributed by atoms with Gasteiger partial charge in [0.2, 0.25) is 0 Å². The Morgan fingerprint density at radius 3 is 2.14 bits per heavy atom. The highest BCUT2D eigenvalue weighted by Crippen LogP contribution is 2.17. The third kappa shape index (κ3) is 4.32. The molecule has 118 valence electrons. The minimum atomic E-state index is -1.43. The van der Waals surface area contributed by atoms with Gasteiger partial charge in [-0.1, -0.05) is 30.3 Å². The zero-order chi connectivity index (χ0) is 16.1. The number of hydrogen-bond acceptors (Lipinski definition) is 2. The van der Waals surface area contributed by atoms with E-state index in [0.717, 1.165) is 24.2 Å². The van der Waals surface area contributed by atoms with E-state index in [0.29, 0.717) is 5.56 Å². The lowest BCUT2D eigenvalue weighted by Gasteiger charge is -2.23. The minimum absolute atomic E-state index is 0.00683. The van der Waals surface area contributed by atoms with Crippen LogP contribution in [0.15, 0.2) is 42.5 Å². The van der Waals surface area contributed by atoms with Crippen LogP contribution in [-0.2, 0) is 6.54 Å². The van der Waals surface area contributed by atoms with E-state index in [1.54, 1.807) is 0 Å². The van der Waals surface area contributed by atoms with Gasteiger partial charge in [-0.05, 0) is 37.4 Å². The summed E-state index contributed by atoms with van der Waals surface area (Å²) in [7, 11) is 3.91. The fourth-order valence-electron chi connectivity index (χ4n) is 2.29. The highest BCUT2D eigenvalue weighted by atomic mass is 19.2. The molecule has 0 fully saturated rings. The van der Waals surface area contributed by atoms with E-state index in [9.17, 15) is 13.2 Å². The largest absolute Gasteiger partial charge is 0.308 e. The maximum Gasteiger partial charge on any atom is 0.194 e. The number of halogens is 3. The molecule has 2 aromatic rings. The molecule has 0 heterocycles. The summed E-state index contributed by atoms with van der Waals surface area (Å²) in [4.78, 5) is 2.02. The van der Waals surface area contributed by atoms with Crippen molar-refractivity contribution in [2.45, 2.75) is 12.6 Å². The van der Waals surface area contributed by atoms with Crippen molar-refractivity contribution in [2.75, 3.05) is 20.6 Å². The van der Waals surface area contributed by atoms with Crippen molar-refractivity contribution in [2.24, 2.45) is 0 Å². The summed E-state index contributed by atoms with van der Waals surface area (Å²) < 4.78 is 39.5. The van der Waals surface area contributed by atoms with Gasteiger partial charge in [-0.2, -0.15) is 0 Å². The molecule has 0 spiro atoms. The zero-order valence-corrected chi connectivity index (χ0v) is 12.6. The first-order chi connectivity index (χ1) is 10.5. The van der Waals surface area contributed by atoms with Crippen LogP contribution in [0.1, 0.15) is 17.2 Å². The van der Waals surface area contributed by atoms with Crippen LogP contribution in [0.2, 0.25) is 0 Å². The van der Waals surface area contributed by atoms with Crippen molar-refractivity contribution in [1.29, 1.82) is 0 Å². The summed E-state index contributed by atoms with van der Waals surface area (Å²) in [6.45, 7) is 0.984. The van der Waals surface area contributed by atoms with Crippen molar-refractivity contribution < 1.29 is 13.2 Å². The summed E-state index contributed by atoms with van der Waals surface area (Å²) in [6, 6.07) is 11.8. The summed E-state index contributed by atoms with van der Waals surface area (Å²) in [5, 5.41) is 3.26. The van der Waals surface area contributed by atoms with E-state index < -0.39 is 17.5 Å². The molecule has 1 unspecified atom stereocenters. The van der Waals surface area contributed by atoms with E-state index in [1.807, 2.05) is 49.3 Å². The van der Waals surface area contributed by atoms with Crippen LogP contribution < -0.4 is 5.32 Å². The Kier molecular flexibility index (Phi) is 5.57. The standard InChI is InChI=1S/C17H19F3N2/c1-22(2)11-16(13-6-4-3-5-7-13)21-10-12-8-14(18)17(20)15(19)9-12/h3-9,16,21H,10-11H2,1-2H3. The molecule has 0 aliphatic carbocycles. The van der Waals surface area contributed by atoms with Gasteiger partial charge in [0, 0.05) is 19.1 Å². The maximum absolute atomic E-state index is 13.2. The maximum atomic E-state index is 13.2. The molecule has 1 atom stereocenters. The molecule has 1 N–H and O–H groups in total. The SMILES string of the molecule is CN(C)CC(NCc1cc(F)c(F)c(F)c1)c1ccccc1. The predicted molar refractivity (Wildman–Crippen MR) is 80.9 cm³/mol. The van der Waals surface area contributed by atoms with E-state index in [-0.39, 0.29) is 12.6 Å². The second-order valence-corrected chi connectivity index (χ2v) is 5.48. The number of nitrogens with zero attached hydrogens (tertiary/aromatic N) is 1. The highest BCUT2D eigenvalue weighted by molar-refractivity contribution is 5.22. The highest BCUT2D eigenvalue weighted by Gasteiger charge is 2.14. The number of hydrogen-bond donors (Lipinski definition) is 1. The predicted octanol–water partition coefficient (Wildman–Crippen LogP) is 3.50. The Morgan fingerprint density at radius 1 is 1.00 bits per heavy atom. The molecule has 0 bridgehead atoms. The van der Waals surface area contributed by atoms with Gasteiger partial charge >= 0.3 is 0 Å².